The van der Waals surface area contributed by atoms with E-state index in [0.717, 1.165) is 11.1 Å². The number of aliphatic hydroxyl groups excluding tert-OH is 1. The lowest BCUT2D eigenvalue weighted by atomic mass is 10.0. The van der Waals surface area contributed by atoms with Crippen molar-refractivity contribution >= 4 is 23.7 Å². The van der Waals surface area contributed by atoms with Gasteiger partial charge in [-0.2, -0.15) is 0 Å². The van der Waals surface area contributed by atoms with Gasteiger partial charge in [-0.3, -0.25) is 14.4 Å². The van der Waals surface area contributed by atoms with E-state index in [1.807, 2.05) is 0 Å². The van der Waals surface area contributed by atoms with Crippen LogP contribution in [0, 0.1) is 0 Å². The zero-order chi connectivity index (χ0) is 26.8. The molecule has 3 amide bonds. The minimum absolute atomic E-state index is 0.0812. The highest BCUT2D eigenvalue weighted by Crippen LogP contribution is 2.11. The predicted molar refractivity (Wildman–Crippen MR) is 131 cm³/mol. The van der Waals surface area contributed by atoms with Crippen molar-refractivity contribution in [1.29, 1.82) is 0 Å². The molecule has 0 aliphatic heterocycles. The van der Waals surface area contributed by atoms with Gasteiger partial charge in [0.25, 0.3) is 0 Å². The highest BCUT2D eigenvalue weighted by molar-refractivity contribution is 5.94. The fourth-order valence-electron chi connectivity index (χ4n) is 3.36. The highest BCUT2D eigenvalue weighted by Gasteiger charge is 2.30. The van der Waals surface area contributed by atoms with Gasteiger partial charge in [0.2, 0.25) is 17.7 Å². The van der Waals surface area contributed by atoms with Crippen molar-refractivity contribution in [3.05, 3.63) is 65.7 Å². The fourth-order valence-corrected chi connectivity index (χ4v) is 3.36. The number of phenols is 1. The van der Waals surface area contributed by atoms with Crippen molar-refractivity contribution in [2.45, 2.75) is 57.0 Å². The molecule has 2 rings (SSSR count). The van der Waals surface area contributed by atoms with E-state index < -0.39 is 54.0 Å². The number of carboxylic acids is 1. The van der Waals surface area contributed by atoms with E-state index in [9.17, 15) is 29.4 Å². The van der Waals surface area contributed by atoms with Gasteiger partial charge >= 0.3 is 5.97 Å². The molecule has 0 bridgehead atoms. The molecule has 0 saturated heterocycles. The summed E-state index contributed by atoms with van der Waals surface area (Å²) in [4.78, 5) is 49.5. The zero-order valence-electron chi connectivity index (χ0n) is 20.0. The van der Waals surface area contributed by atoms with Crippen molar-refractivity contribution in [1.82, 2.24) is 16.0 Å². The quantitative estimate of drug-likeness (QED) is 0.202. The fraction of sp³-hybridized carbons (Fsp3) is 0.360. The van der Waals surface area contributed by atoms with E-state index in [0.29, 0.717) is 0 Å². The number of phenolic OH excluding ortho intramolecular Hbond substituents is 1. The lowest BCUT2D eigenvalue weighted by molar-refractivity contribution is -0.145. The summed E-state index contributed by atoms with van der Waals surface area (Å²) in [5.41, 5.74) is 7.51. The Bertz CT molecular complexity index is 1040. The monoisotopic (exact) mass is 500 g/mol. The first-order valence-electron chi connectivity index (χ1n) is 11.4. The molecule has 11 nitrogen and oxygen atoms in total. The molecule has 0 fully saturated rings. The van der Waals surface area contributed by atoms with Crippen LogP contribution in [0.4, 0.5) is 0 Å². The number of aliphatic carboxylic acids is 1. The Morgan fingerprint density at radius 1 is 0.806 bits per heavy atom. The summed E-state index contributed by atoms with van der Waals surface area (Å²) < 4.78 is 0. The smallest absolute Gasteiger partial charge is 0.328 e. The van der Waals surface area contributed by atoms with Crippen molar-refractivity contribution in [3.63, 3.8) is 0 Å². The molecule has 8 N–H and O–H groups in total. The summed E-state index contributed by atoms with van der Waals surface area (Å²) in [5, 5.41) is 35.4. The minimum Gasteiger partial charge on any atom is -0.508 e. The van der Waals surface area contributed by atoms with E-state index >= 15 is 0 Å². The normalized spacial score (nSPS) is 15.0. The molecule has 0 radical (unpaired) electrons. The molecule has 2 aromatic carbocycles. The van der Waals surface area contributed by atoms with Crippen molar-refractivity contribution in [3.8, 4) is 5.75 Å². The molecule has 5 atom stereocenters. The molecule has 0 aliphatic rings. The number of carbonyl (C=O) groups excluding carboxylic acids is 3. The first-order valence-corrected chi connectivity index (χ1v) is 11.4. The molecule has 2 aromatic rings. The summed E-state index contributed by atoms with van der Waals surface area (Å²) in [7, 11) is 0. The second kappa shape index (κ2) is 13.2. The average molecular weight is 501 g/mol. The number of nitrogens with two attached hydrogens (primary N) is 1. The number of amides is 3. The third kappa shape index (κ3) is 8.67. The number of aliphatic hydroxyl groups is 1. The van der Waals surface area contributed by atoms with Gasteiger partial charge in [-0.05, 0) is 43.5 Å². The maximum absolute atomic E-state index is 13.0. The van der Waals surface area contributed by atoms with Crippen LogP contribution in [-0.4, -0.2) is 69.3 Å². The summed E-state index contributed by atoms with van der Waals surface area (Å²) in [5.74, 6) is -3.41. The van der Waals surface area contributed by atoms with Crippen LogP contribution in [0.25, 0.3) is 0 Å². The standard InChI is InChI=1S/C25H32N4O7/c1-14(22(32)29-21(15(2)30)25(35)36)27-24(34)20(13-16-6-4-3-5-7-16)28-23(33)19(26)12-17-8-10-18(31)11-9-17/h3-11,14-15,19-21,30-31H,12-13,26H2,1-2H3,(H,27,34)(H,28,33)(H,29,32)(H,35,36). The molecule has 0 heterocycles. The van der Waals surface area contributed by atoms with Crippen LogP contribution in [0.1, 0.15) is 25.0 Å². The molecular formula is C25H32N4O7. The second-order valence-corrected chi connectivity index (χ2v) is 8.52. The molecule has 0 spiro atoms. The van der Waals surface area contributed by atoms with Gasteiger partial charge in [-0.25, -0.2) is 4.79 Å². The van der Waals surface area contributed by atoms with Crippen molar-refractivity contribution in [2.24, 2.45) is 5.73 Å². The Labute approximate surface area is 208 Å². The molecule has 194 valence electrons. The van der Waals surface area contributed by atoms with E-state index in [-0.39, 0.29) is 18.6 Å². The summed E-state index contributed by atoms with van der Waals surface area (Å²) >= 11 is 0. The van der Waals surface area contributed by atoms with E-state index in [1.165, 1.54) is 26.0 Å². The van der Waals surface area contributed by atoms with Gasteiger partial charge in [0, 0.05) is 6.42 Å². The van der Waals surface area contributed by atoms with Crippen LogP contribution in [0.2, 0.25) is 0 Å². The Kier molecular flexibility index (Phi) is 10.4. The molecule has 5 unspecified atom stereocenters. The van der Waals surface area contributed by atoms with Crippen molar-refractivity contribution in [2.75, 3.05) is 0 Å². The lowest BCUT2D eigenvalue weighted by Crippen LogP contribution is -2.58. The number of nitrogens with one attached hydrogen (secondary N) is 3. The van der Waals surface area contributed by atoms with Crippen LogP contribution in [-0.2, 0) is 32.0 Å². The first-order chi connectivity index (χ1) is 17.0. The number of rotatable bonds is 12. The molecule has 0 saturated carbocycles. The van der Waals surface area contributed by atoms with Crippen LogP contribution < -0.4 is 21.7 Å². The summed E-state index contributed by atoms with van der Waals surface area (Å²) in [6, 6.07) is 10.4. The van der Waals surface area contributed by atoms with Gasteiger partial charge in [0.1, 0.15) is 17.8 Å². The van der Waals surface area contributed by atoms with E-state index in [2.05, 4.69) is 16.0 Å². The van der Waals surface area contributed by atoms with Gasteiger partial charge in [0.05, 0.1) is 12.1 Å². The molecule has 36 heavy (non-hydrogen) atoms. The molecular weight excluding hydrogens is 468 g/mol. The Morgan fingerprint density at radius 3 is 1.94 bits per heavy atom. The number of carboxylic acid groups (broad SMARTS) is 1. The Hall–Kier alpha value is -3.96. The van der Waals surface area contributed by atoms with Crippen LogP contribution in [0.3, 0.4) is 0 Å². The minimum atomic E-state index is -1.55. The van der Waals surface area contributed by atoms with Gasteiger partial charge in [-0.15, -0.1) is 0 Å². The largest absolute Gasteiger partial charge is 0.508 e. The topological polar surface area (TPSA) is 191 Å². The van der Waals surface area contributed by atoms with Crippen LogP contribution in [0.15, 0.2) is 54.6 Å². The van der Waals surface area contributed by atoms with E-state index in [1.54, 1.807) is 42.5 Å². The number of hydrogen-bond acceptors (Lipinski definition) is 7. The molecule has 0 aromatic heterocycles. The van der Waals surface area contributed by atoms with E-state index in [4.69, 9.17) is 10.8 Å². The molecule has 11 heteroatoms. The summed E-state index contributed by atoms with van der Waals surface area (Å²) in [6.07, 6.45) is -1.07. The second-order valence-electron chi connectivity index (χ2n) is 8.52. The predicted octanol–water partition coefficient (Wildman–Crippen LogP) is -0.556. The van der Waals surface area contributed by atoms with Gasteiger partial charge < -0.3 is 37.0 Å². The highest BCUT2D eigenvalue weighted by atomic mass is 16.4. The summed E-state index contributed by atoms with van der Waals surface area (Å²) in [6.45, 7) is 2.57. The van der Waals surface area contributed by atoms with Gasteiger partial charge in [0.15, 0.2) is 6.04 Å². The third-order valence-corrected chi connectivity index (χ3v) is 5.44. The maximum atomic E-state index is 13.0. The third-order valence-electron chi connectivity index (χ3n) is 5.44. The van der Waals surface area contributed by atoms with Crippen LogP contribution >= 0.6 is 0 Å². The SMILES string of the molecule is CC(NC(=O)C(Cc1ccccc1)NC(=O)C(N)Cc1ccc(O)cc1)C(=O)NC(C(=O)O)C(C)O. The maximum Gasteiger partial charge on any atom is 0.328 e. The lowest BCUT2D eigenvalue weighted by Gasteiger charge is -2.24. The number of carbonyl (C=O) groups is 4. The van der Waals surface area contributed by atoms with Gasteiger partial charge in [-0.1, -0.05) is 42.5 Å². The average Bonchev–Trinajstić information content (AvgIpc) is 2.83. The number of aromatic hydroxyl groups is 1. The first kappa shape index (κ1) is 28.3. The van der Waals surface area contributed by atoms with Crippen molar-refractivity contribution < 1.29 is 34.5 Å². The van der Waals surface area contributed by atoms with Crippen LogP contribution in [0.5, 0.6) is 5.75 Å². The molecule has 0 aliphatic carbocycles. The zero-order valence-corrected chi connectivity index (χ0v) is 20.0. The number of benzene rings is 2. The Balaban J connectivity index is 2.10. The Morgan fingerprint density at radius 2 is 1.39 bits per heavy atom. The number of hydrogen-bond donors (Lipinski definition) is 7.